The van der Waals surface area contributed by atoms with Crippen LogP contribution in [0.3, 0.4) is 0 Å². The Morgan fingerprint density at radius 3 is 3.00 bits per heavy atom. The summed E-state index contributed by atoms with van der Waals surface area (Å²) in [7, 11) is 0. The normalized spacial score (nSPS) is 18.8. The number of nitrogens with one attached hydrogen (secondary N) is 1. The molecule has 0 amide bonds. The summed E-state index contributed by atoms with van der Waals surface area (Å²) in [5.41, 5.74) is 0.940. The van der Waals surface area contributed by atoms with E-state index in [2.05, 4.69) is 19.9 Å². The zero-order valence-electron chi connectivity index (χ0n) is 9.01. The molecule has 0 bridgehead atoms. The lowest BCUT2D eigenvalue weighted by molar-refractivity contribution is 0.00821. The quantitative estimate of drug-likeness (QED) is 0.760. The van der Waals surface area contributed by atoms with Crippen LogP contribution >= 0.6 is 0 Å². The van der Waals surface area contributed by atoms with Crippen LogP contribution in [-0.4, -0.2) is 43.7 Å². The van der Waals surface area contributed by atoms with Gasteiger partial charge in [0.25, 0.3) is 0 Å². The molecule has 0 unspecified atom stereocenters. The van der Waals surface area contributed by atoms with Crippen molar-refractivity contribution in [1.29, 1.82) is 0 Å². The Morgan fingerprint density at radius 1 is 1.44 bits per heavy atom. The number of anilines is 1. The molecule has 3 heterocycles. The van der Waals surface area contributed by atoms with E-state index in [-0.39, 0.29) is 0 Å². The standard InChI is InChI=1S/C10H13N5O/c1-2-10(16)3-15(4-10)9-7-8(12-5-11-7)13-6-14-9/h5-6,16H,2-4H2,1H3,(H,11,12,13,14). The van der Waals surface area contributed by atoms with E-state index < -0.39 is 5.60 Å². The van der Waals surface area contributed by atoms with E-state index in [1.54, 1.807) is 6.33 Å². The molecule has 16 heavy (non-hydrogen) atoms. The van der Waals surface area contributed by atoms with Gasteiger partial charge in [-0.2, -0.15) is 0 Å². The molecule has 84 valence electrons. The number of hydrogen-bond acceptors (Lipinski definition) is 5. The minimum Gasteiger partial charge on any atom is -0.386 e. The lowest BCUT2D eigenvalue weighted by atomic mass is 9.91. The van der Waals surface area contributed by atoms with Crippen molar-refractivity contribution in [3.63, 3.8) is 0 Å². The van der Waals surface area contributed by atoms with E-state index in [1.807, 2.05) is 11.8 Å². The largest absolute Gasteiger partial charge is 0.386 e. The third-order valence-electron chi connectivity index (χ3n) is 3.13. The minimum absolute atomic E-state index is 0.558. The van der Waals surface area contributed by atoms with Gasteiger partial charge in [-0.1, -0.05) is 6.92 Å². The van der Waals surface area contributed by atoms with Gasteiger partial charge in [0.1, 0.15) is 11.8 Å². The number of aromatic amines is 1. The number of nitrogens with zero attached hydrogens (tertiary/aromatic N) is 4. The van der Waals surface area contributed by atoms with Gasteiger partial charge in [-0.05, 0) is 6.42 Å². The number of H-pyrrole nitrogens is 1. The summed E-state index contributed by atoms with van der Waals surface area (Å²) >= 11 is 0. The van der Waals surface area contributed by atoms with E-state index in [9.17, 15) is 5.11 Å². The molecule has 0 aliphatic carbocycles. The predicted octanol–water partition coefficient (Wildman–Crippen LogP) is 0.314. The molecule has 1 aliphatic heterocycles. The highest BCUT2D eigenvalue weighted by Crippen LogP contribution is 2.31. The minimum atomic E-state index is -0.558. The maximum Gasteiger partial charge on any atom is 0.182 e. The van der Waals surface area contributed by atoms with E-state index in [4.69, 9.17) is 0 Å². The fourth-order valence-electron chi connectivity index (χ4n) is 2.03. The van der Waals surface area contributed by atoms with Crippen molar-refractivity contribution >= 4 is 17.0 Å². The molecule has 6 nitrogen and oxygen atoms in total. The van der Waals surface area contributed by atoms with Crippen LogP contribution in [0.15, 0.2) is 12.7 Å². The van der Waals surface area contributed by atoms with E-state index in [0.717, 1.165) is 17.8 Å². The SMILES string of the molecule is CCC1(O)CN(c2ncnc3nc[nH]c23)C1. The Bertz CT molecular complexity index is 517. The van der Waals surface area contributed by atoms with Crippen LogP contribution in [0.25, 0.3) is 11.2 Å². The van der Waals surface area contributed by atoms with Crippen molar-refractivity contribution in [2.24, 2.45) is 0 Å². The zero-order chi connectivity index (χ0) is 11.2. The van der Waals surface area contributed by atoms with Gasteiger partial charge in [-0.25, -0.2) is 15.0 Å². The molecule has 0 radical (unpaired) electrons. The van der Waals surface area contributed by atoms with Gasteiger partial charge in [0.2, 0.25) is 0 Å². The van der Waals surface area contributed by atoms with E-state index in [1.165, 1.54) is 6.33 Å². The second kappa shape index (κ2) is 3.15. The Balaban J connectivity index is 1.94. The second-order valence-electron chi connectivity index (χ2n) is 4.23. The third kappa shape index (κ3) is 1.26. The zero-order valence-corrected chi connectivity index (χ0v) is 9.01. The first-order valence-corrected chi connectivity index (χ1v) is 5.33. The van der Waals surface area contributed by atoms with Crippen molar-refractivity contribution in [3.05, 3.63) is 12.7 Å². The highest BCUT2D eigenvalue weighted by Gasteiger charge is 2.40. The van der Waals surface area contributed by atoms with E-state index in [0.29, 0.717) is 18.7 Å². The first kappa shape index (κ1) is 9.53. The number of β-amino-alcohol motifs (C(OH)–C–C–N with tert-alkyl or cyclic N) is 1. The average molecular weight is 219 g/mol. The number of aromatic nitrogens is 4. The predicted molar refractivity (Wildman–Crippen MR) is 59.1 cm³/mol. The average Bonchev–Trinajstić information content (AvgIpc) is 2.72. The van der Waals surface area contributed by atoms with Crippen molar-refractivity contribution < 1.29 is 5.11 Å². The topological polar surface area (TPSA) is 77.9 Å². The fourth-order valence-corrected chi connectivity index (χ4v) is 2.03. The van der Waals surface area contributed by atoms with Crippen molar-refractivity contribution in [1.82, 2.24) is 19.9 Å². The van der Waals surface area contributed by atoms with Gasteiger partial charge >= 0.3 is 0 Å². The summed E-state index contributed by atoms with van der Waals surface area (Å²) in [4.78, 5) is 17.4. The van der Waals surface area contributed by atoms with Crippen LogP contribution in [-0.2, 0) is 0 Å². The molecule has 2 N–H and O–H groups in total. The van der Waals surface area contributed by atoms with Crippen LogP contribution in [0.2, 0.25) is 0 Å². The summed E-state index contributed by atoms with van der Waals surface area (Å²) < 4.78 is 0. The first-order chi connectivity index (χ1) is 7.72. The molecule has 1 fully saturated rings. The highest BCUT2D eigenvalue weighted by atomic mass is 16.3. The molecule has 1 saturated heterocycles. The van der Waals surface area contributed by atoms with Gasteiger partial charge in [0.05, 0.1) is 25.0 Å². The van der Waals surface area contributed by atoms with Gasteiger partial charge in [-0.15, -0.1) is 0 Å². The third-order valence-corrected chi connectivity index (χ3v) is 3.13. The monoisotopic (exact) mass is 219 g/mol. The number of hydrogen-bond donors (Lipinski definition) is 2. The number of imidazole rings is 1. The molecule has 2 aromatic heterocycles. The van der Waals surface area contributed by atoms with Crippen LogP contribution in [0.4, 0.5) is 5.82 Å². The maximum atomic E-state index is 9.96. The van der Waals surface area contributed by atoms with Crippen LogP contribution in [0, 0.1) is 0 Å². The molecule has 0 aromatic carbocycles. The van der Waals surface area contributed by atoms with Crippen LogP contribution in [0.5, 0.6) is 0 Å². The Hall–Kier alpha value is -1.69. The second-order valence-corrected chi connectivity index (χ2v) is 4.23. The Labute approximate surface area is 92.4 Å². The number of aliphatic hydroxyl groups is 1. The maximum absolute atomic E-state index is 9.96. The lowest BCUT2D eigenvalue weighted by Gasteiger charge is -2.46. The molecule has 2 aromatic rings. The molecule has 1 aliphatic rings. The molecule has 6 heteroatoms. The Morgan fingerprint density at radius 2 is 2.25 bits per heavy atom. The number of fused-ring (bicyclic) bond motifs is 1. The first-order valence-electron chi connectivity index (χ1n) is 5.33. The smallest absolute Gasteiger partial charge is 0.182 e. The summed E-state index contributed by atoms with van der Waals surface area (Å²) in [5, 5.41) is 9.96. The molecular weight excluding hydrogens is 206 g/mol. The number of rotatable bonds is 2. The van der Waals surface area contributed by atoms with E-state index >= 15 is 0 Å². The molecular formula is C10H13N5O. The van der Waals surface area contributed by atoms with Crippen molar-refractivity contribution in [2.75, 3.05) is 18.0 Å². The van der Waals surface area contributed by atoms with Crippen LogP contribution in [0.1, 0.15) is 13.3 Å². The molecule has 0 spiro atoms. The summed E-state index contributed by atoms with van der Waals surface area (Å²) in [6.45, 7) is 3.23. The molecule has 3 rings (SSSR count). The van der Waals surface area contributed by atoms with Gasteiger partial charge in [0.15, 0.2) is 11.5 Å². The highest BCUT2D eigenvalue weighted by molar-refractivity contribution is 5.83. The Kier molecular flexibility index (Phi) is 1.88. The summed E-state index contributed by atoms with van der Waals surface area (Å²) in [6, 6.07) is 0. The van der Waals surface area contributed by atoms with Crippen LogP contribution < -0.4 is 4.90 Å². The van der Waals surface area contributed by atoms with Crippen molar-refractivity contribution in [2.45, 2.75) is 18.9 Å². The van der Waals surface area contributed by atoms with Gasteiger partial charge < -0.3 is 15.0 Å². The lowest BCUT2D eigenvalue weighted by Crippen LogP contribution is -2.61. The van der Waals surface area contributed by atoms with Gasteiger partial charge in [-0.3, -0.25) is 0 Å². The van der Waals surface area contributed by atoms with Crippen molar-refractivity contribution in [3.8, 4) is 0 Å². The molecule has 0 atom stereocenters. The summed E-state index contributed by atoms with van der Waals surface area (Å²) in [5.74, 6) is 0.820. The summed E-state index contributed by atoms with van der Waals surface area (Å²) in [6.07, 6.45) is 3.87. The fraction of sp³-hybridized carbons (Fsp3) is 0.500. The molecule has 0 saturated carbocycles. The van der Waals surface area contributed by atoms with Gasteiger partial charge in [0, 0.05) is 0 Å².